The largest absolute Gasteiger partial charge is 0.379 e. The van der Waals surface area contributed by atoms with E-state index in [-0.39, 0.29) is 29.1 Å². The maximum Gasteiger partial charge on any atom is 0.221 e. The fraction of sp³-hybridized carbons (Fsp3) is 0.562. The summed E-state index contributed by atoms with van der Waals surface area (Å²) in [4.78, 5) is 11.9. The van der Waals surface area contributed by atoms with Crippen molar-refractivity contribution >= 4 is 15.7 Å². The summed E-state index contributed by atoms with van der Waals surface area (Å²) in [5, 5.41) is 2.71. The molecule has 0 atom stereocenters. The van der Waals surface area contributed by atoms with E-state index in [1.54, 1.807) is 24.3 Å². The second-order valence-electron chi connectivity index (χ2n) is 5.50. The van der Waals surface area contributed by atoms with Crippen LogP contribution in [0.2, 0.25) is 0 Å². The molecule has 0 bridgehead atoms. The zero-order valence-corrected chi connectivity index (χ0v) is 14.3. The Labute approximate surface area is 133 Å². The second kappa shape index (κ2) is 8.90. The van der Waals surface area contributed by atoms with Crippen LogP contribution in [0.25, 0.3) is 0 Å². The van der Waals surface area contributed by atoms with E-state index in [0.29, 0.717) is 19.6 Å². The van der Waals surface area contributed by atoms with Gasteiger partial charge in [-0.1, -0.05) is 17.7 Å². The number of hydrogen-bond acceptors (Lipinski definition) is 4. The lowest BCUT2D eigenvalue weighted by Crippen LogP contribution is -2.27. The molecule has 124 valence electrons. The molecule has 0 aliphatic carbocycles. The number of nitrogens with one attached hydrogen (secondary N) is 1. The van der Waals surface area contributed by atoms with Crippen LogP contribution in [-0.2, 0) is 19.4 Å². The van der Waals surface area contributed by atoms with Crippen molar-refractivity contribution in [3.8, 4) is 0 Å². The summed E-state index contributed by atoms with van der Waals surface area (Å²) in [6.45, 7) is 6.88. The van der Waals surface area contributed by atoms with E-state index in [9.17, 15) is 13.2 Å². The highest BCUT2D eigenvalue weighted by molar-refractivity contribution is 7.91. The summed E-state index contributed by atoms with van der Waals surface area (Å²) in [7, 11) is -3.40. The maximum absolute atomic E-state index is 12.1. The van der Waals surface area contributed by atoms with Gasteiger partial charge in [-0.25, -0.2) is 8.42 Å². The average Bonchev–Trinajstić information content (AvgIpc) is 2.45. The van der Waals surface area contributed by atoms with Crippen molar-refractivity contribution in [1.82, 2.24) is 5.32 Å². The first-order valence-electron chi connectivity index (χ1n) is 7.49. The van der Waals surface area contributed by atoms with Crippen molar-refractivity contribution in [1.29, 1.82) is 0 Å². The van der Waals surface area contributed by atoms with Gasteiger partial charge in [0.05, 0.1) is 16.8 Å². The lowest BCUT2D eigenvalue weighted by atomic mass is 10.2. The Morgan fingerprint density at radius 1 is 1.23 bits per heavy atom. The molecule has 0 heterocycles. The summed E-state index contributed by atoms with van der Waals surface area (Å²) in [6.07, 6.45) is 0.867. The highest BCUT2D eigenvalue weighted by atomic mass is 32.2. The first kappa shape index (κ1) is 18.6. The van der Waals surface area contributed by atoms with E-state index in [4.69, 9.17) is 4.74 Å². The Hall–Kier alpha value is -1.40. The molecule has 0 spiro atoms. The molecular weight excluding hydrogens is 302 g/mol. The third kappa shape index (κ3) is 7.04. The van der Waals surface area contributed by atoms with Crippen LogP contribution in [-0.4, -0.2) is 39.3 Å². The summed E-state index contributed by atoms with van der Waals surface area (Å²) in [5.74, 6) is -0.426. The van der Waals surface area contributed by atoms with E-state index in [1.165, 1.54) is 0 Å². The molecule has 0 aliphatic rings. The molecule has 22 heavy (non-hydrogen) atoms. The van der Waals surface area contributed by atoms with Crippen LogP contribution < -0.4 is 5.32 Å². The summed E-state index contributed by atoms with van der Waals surface area (Å²) in [5.41, 5.74) is 1.00. The minimum Gasteiger partial charge on any atom is -0.379 e. The quantitative estimate of drug-likeness (QED) is 0.705. The number of ether oxygens (including phenoxy) is 1. The van der Waals surface area contributed by atoms with Gasteiger partial charge in [0.2, 0.25) is 5.91 Å². The monoisotopic (exact) mass is 327 g/mol. The molecular formula is C16H25NO4S. The zero-order chi connectivity index (χ0) is 16.6. The van der Waals surface area contributed by atoms with Crippen LogP contribution in [0.3, 0.4) is 0 Å². The number of hydrogen-bond donors (Lipinski definition) is 1. The van der Waals surface area contributed by atoms with E-state index in [1.807, 2.05) is 20.8 Å². The number of carbonyl (C=O) groups is 1. The Kier molecular flexibility index (Phi) is 7.55. The van der Waals surface area contributed by atoms with Gasteiger partial charge in [-0.2, -0.15) is 0 Å². The molecule has 1 amide bonds. The highest BCUT2D eigenvalue weighted by Crippen LogP contribution is 2.12. The van der Waals surface area contributed by atoms with Crippen molar-refractivity contribution in [2.75, 3.05) is 18.9 Å². The predicted molar refractivity (Wildman–Crippen MR) is 86.6 cm³/mol. The predicted octanol–water partition coefficient (Wildman–Crippen LogP) is 2.09. The van der Waals surface area contributed by atoms with Gasteiger partial charge in [-0.05, 0) is 39.3 Å². The topological polar surface area (TPSA) is 72.5 Å². The Morgan fingerprint density at radius 2 is 1.86 bits per heavy atom. The van der Waals surface area contributed by atoms with Gasteiger partial charge >= 0.3 is 0 Å². The lowest BCUT2D eigenvalue weighted by molar-refractivity contribution is -0.120. The molecule has 1 rings (SSSR count). The molecule has 0 radical (unpaired) electrons. The molecule has 0 saturated carbocycles. The van der Waals surface area contributed by atoms with Gasteiger partial charge in [-0.3, -0.25) is 4.79 Å². The third-order valence-electron chi connectivity index (χ3n) is 3.07. The molecule has 0 fully saturated rings. The van der Waals surface area contributed by atoms with E-state index in [2.05, 4.69) is 5.32 Å². The van der Waals surface area contributed by atoms with Gasteiger partial charge in [0.1, 0.15) is 0 Å². The van der Waals surface area contributed by atoms with E-state index >= 15 is 0 Å². The first-order valence-corrected chi connectivity index (χ1v) is 9.14. The number of rotatable bonds is 9. The van der Waals surface area contributed by atoms with Crippen LogP contribution in [0, 0.1) is 6.92 Å². The van der Waals surface area contributed by atoms with Crippen molar-refractivity contribution in [2.45, 2.75) is 44.6 Å². The van der Waals surface area contributed by atoms with Crippen LogP contribution in [0.1, 0.15) is 32.3 Å². The molecule has 1 N–H and O–H groups in total. The molecule has 5 nitrogen and oxygen atoms in total. The highest BCUT2D eigenvalue weighted by Gasteiger charge is 2.16. The number of aryl methyl sites for hydroxylation is 1. The Bertz CT molecular complexity index is 564. The van der Waals surface area contributed by atoms with Gasteiger partial charge in [0.25, 0.3) is 0 Å². The van der Waals surface area contributed by atoms with Crippen LogP contribution in [0.4, 0.5) is 0 Å². The van der Waals surface area contributed by atoms with E-state index in [0.717, 1.165) is 5.56 Å². The Balaban J connectivity index is 2.32. The van der Waals surface area contributed by atoms with Crippen molar-refractivity contribution in [2.24, 2.45) is 0 Å². The second-order valence-corrected chi connectivity index (χ2v) is 7.61. The molecule has 1 aromatic carbocycles. The number of carbonyl (C=O) groups excluding carboxylic acids is 1. The summed E-state index contributed by atoms with van der Waals surface area (Å²) < 4.78 is 29.6. The van der Waals surface area contributed by atoms with Crippen molar-refractivity contribution < 1.29 is 17.9 Å². The SMILES string of the molecule is Cc1ccc(S(=O)(=O)CCC(=O)NCCCOC(C)C)cc1. The number of benzene rings is 1. The van der Waals surface area contributed by atoms with Gasteiger partial charge in [0.15, 0.2) is 9.84 Å². The summed E-state index contributed by atoms with van der Waals surface area (Å²) in [6, 6.07) is 6.65. The minimum atomic E-state index is -3.40. The van der Waals surface area contributed by atoms with Crippen LogP contribution in [0.15, 0.2) is 29.2 Å². The fourth-order valence-corrected chi connectivity index (χ4v) is 3.04. The van der Waals surface area contributed by atoms with E-state index < -0.39 is 9.84 Å². The first-order chi connectivity index (χ1) is 10.3. The van der Waals surface area contributed by atoms with Crippen molar-refractivity contribution in [3.05, 3.63) is 29.8 Å². The molecule has 6 heteroatoms. The molecule has 0 aromatic heterocycles. The zero-order valence-electron chi connectivity index (χ0n) is 13.5. The fourth-order valence-electron chi connectivity index (χ4n) is 1.80. The third-order valence-corrected chi connectivity index (χ3v) is 4.80. The smallest absolute Gasteiger partial charge is 0.221 e. The number of amides is 1. The molecule has 0 aliphatic heterocycles. The van der Waals surface area contributed by atoms with Crippen LogP contribution in [0.5, 0.6) is 0 Å². The van der Waals surface area contributed by atoms with Crippen LogP contribution >= 0.6 is 0 Å². The number of sulfone groups is 1. The lowest BCUT2D eigenvalue weighted by Gasteiger charge is -2.08. The Morgan fingerprint density at radius 3 is 2.45 bits per heavy atom. The summed E-state index contributed by atoms with van der Waals surface area (Å²) >= 11 is 0. The van der Waals surface area contributed by atoms with Gasteiger partial charge in [-0.15, -0.1) is 0 Å². The minimum absolute atomic E-state index is 0.0265. The van der Waals surface area contributed by atoms with Gasteiger partial charge < -0.3 is 10.1 Å². The standard InChI is InChI=1S/C16H25NO4S/c1-13(2)21-11-4-10-17-16(18)9-12-22(19,20)15-7-5-14(3)6-8-15/h5-8,13H,4,9-12H2,1-3H3,(H,17,18). The molecule has 1 aromatic rings. The van der Waals surface area contributed by atoms with Crippen molar-refractivity contribution in [3.63, 3.8) is 0 Å². The molecule has 0 saturated heterocycles. The average molecular weight is 327 g/mol. The normalized spacial score (nSPS) is 11.6. The molecule has 0 unspecified atom stereocenters. The van der Waals surface area contributed by atoms with Gasteiger partial charge in [0, 0.05) is 19.6 Å². The maximum atomic E-state index is 12.1.